The molecule has 3 amide bonds. The number of piperazine rings is 1. The normalized spacial score (nSPS) is 20.5. The Kier molecular flexibility index (Phi) is 6.21. The highest BCUT2D eigenvalue weighted by atomic mass is 35.5. The van der Waals surface area contributed by atoms with Gasteiger partial charge in [-0.15, -0.1) is 0 Å². The van der Waals surface area contributed by atoms with Gasteiger partial charge in [0.05, 0.1) is 18.7 Å². The molecule has 9 heteroatoms. The van der Waals surface area contributed by atoms with Crippen LogP contribution in [0.4, 0.5) is 4.79 Å². The number of halogens is 1. The van der Waals surface area contributed by atoms with Gasteiger partial charge in [-0.1, -0.05) is 29.8 Å². The van der Waals surface area contributed by atoms with Crippen LogP contribution in [-0.4, -0.2) is 67.5 Å². The first-order valence-corrected chi connectivity index (χ1v) is 9.39. The molecule has 150 valence electrons. The summed E-state index contributed by atoms with van der Waals surface area (Å²) < 4.78 is 4.98. The topological polar surface area (TPSA) is 91.0 Å². The minimum Gasteiger partial charge on any atom is -0.466 e. The summed E-state index contributed by atoms with van der Waals surface area (Å²) in [5, 5.41) is 5.96. The number of urea groups is 1. The zero-order chi connectivity index (χ0) is 20.3. The third-order valence-electron chi connectivity index (χ3n) is 4.97. The Labute approximate surface area is 168 Å². The number of hydrogen-bond acceptors (Lipinski definition) is 5. The quantitative estimate of drug-likeness (QED) is 0.735. The number of carbonyl (C=O) groups is 3. The van der Waals surface area contributed by atoms with Crippen LogP contribution in [-0.2, 0) is 14.3 Å². The molecule has 1 atom stereocenters. The third kappa shape index (κ3) is 4.28. The molecule has 0 aliphatic carbocycles. The van der Waals surface area contributed by atoms with Crippen molar-refractivity contribution in [3.05, 3.63) is 46.1 Å². The second kappa shape index (κ2) is 8.62. The van der Waals surface area contributed by atoms with E-state index >= 15 is 0 Å². The minimum atomic E-state index is -0.705. The number of hydrogen-bond donors (Lipinski definition) is 2. The van der Waals surface area contributed by atoms with Gasteiger partial charge in [-0.25, -0.2) is 9.59 Å². The molecule has 0 aromatic heterocycles. The first-order chi connectivity index (χ1) is 13.4. The number of benzene rings is 1. The summed E-state index contributed by atoms with van der Waals surface area (Å²) in [4.78, 5) is 40.2. The predicted molar refractivity (Wildman–Crippen MR) is 104 cm³/mol. The van der Waals surface area contributed by atoms with Crippen molar-refractivity contribution in [1.29, 1.82) is 0 Å². The van der Waals surface area contributed by atoms with Crippen LogP contribution in [0.15, 0.2) is 35.5 Å². The average Bonchev–Trinajstić information content (AvgIpc) is 2.68. The molecule has 1 saturated heterocycles. The van der Waals surface area contributed by atoms with Gasteiger partial charge in [-0.05, 0) is 11.6 Å². The van der Waals surface area contributed by atoms with Crippen LogP contribution in [0.2, 0.25) is 5.02 Å². The molecule has 2 N–H and O–H groups in total. The maximum Gasteiger partial charge on any atom is 0.338 e. The first-order valence-electron chi connectivity index (χ1n) is 9.02. The number of rotatable bonds is 4. The summed E-state index contributed by atoms with van der Waals surface area (Å²) >= 11 is 6.31. The minimum absolute atomic E-state index is 0.0445. The van der Waals surface area contributed by atoms with Crippen molar-refractivity contribution < 1.29 is 19.1 Å². The molecule has 0 bridgehead atoms. The van der Waals surface area contributed by atoms with Crippen molar-refractivity contribution in [1.82, 2.24) is 20.4 Å². The van der Waals surface area contributed by atoms with Gasteiger partial charge in [0.15, 0.2) is 0 Å². The lowest BCUT2D eigenvalue weighted by atomic mass is 9.95. The van der Waals surface area contributed by atoms with Crippen molar-refractivity contribution in [2.75, 3.05) is 39.8 Å². The van der Waals surface area contributed by atoms with Gasteiger partial charge in [-0.2, -0.15) is 0 Å². The van der Waals surface area contributed by atoms with E-state index in [1.165, 1.54) is 7.11 Å². The number of ether oxygens (including phenoxy) is 1. The molecule has 2 heterocycles. The summed E-state index contributed by atoms with van der Waals surface area (Å²) in [5.74, 6) is -0.488. The van der Waals surface area contributed by atoms with E-state index in [-0.39, 0.29) is 5.91 Å². The van der Waals surface area contributed by atoms with E-state index in [1.54, 1.807) is 36.1 Å². The fourth-order valence-corrected chi connectivity index (χ4v) is 3.73. The lowest BCUT2D eigenvalue weighted by Gasteiger charge is -2.36. The molecule has 0 saturated carbocycles. The van der Waals surface area contributed by atoms with Crippen LogP contribution < -0.4 is 10.6 Å². The molecule has 1 fully saturated rings. The van der Waals surface area contributed by atoms with Crippen molar-refractivity contribution >= 4 is 29.5 Å². The summed E-state index contributed by atoms with van der Waals surface area (Å²) in [6.07, 6.45) is 0. The van der Waals surface area contributed by atoms with Gasteiger partial charge in [0.1, 0.15) is 0 Å². The number of carbonyl (C=O) groups excluding carboxylic acids is 3. The van der Waals surface area contributed by atoms with Crippen LogP contribution in [0, 0.1) is 0 Å². The van der Waals surface area contributed by atoms with Gasteiger partial charge >= 0.3 is 12.0 Å². The van der Waals surface area contributed by atoms with Crippen LogP contribution in [0.5, 0.6) is 0 Å². The Morgan fingerprint density at radius 3 is 2.50 bits per heavy atom. The van der Waals surface area contributed by atoms with Gasteiger partial charge in [0.2, 0.25) is 5.91 Å². The van der Waals surface area contributed by atoms with Gasteiger partial charge < -0.3 is 20.3 Å². The Bertz CT molecular complexity index is 818. The van der Waals surface area contributed by atoms with E-state index in [0.29, 0.717) is 54.6 Å². The molecule has 28 heavy (non-hydrogen) atoms. The van der Waals surface area contributed by atoms with Crippen molar-refractivity contribution in [2.24, 2.45) is 0 Å². The monoisotopic (exact) mass is 406 g/mol. The van der Waals surface area contributed by atoms with Crippen LogP contribution in [0.25, 0.3) is 0 Å². The van der Waals surface area contributed by atoms with E-state index in [2.05, 4.69) is 15.5 Å². The molecule has 8 nitrogen and oxygen atoms in total. The molecular formula is C19H23ClN4O4. The fraction of sp³-hybridized carbons (Fsp3) is 0.421. The summed E-state index contributed by atoms with van der Waals surface area (Å²) in [5.41, 5.74) is 1.43. The smallest absolute Gasteiger partial charge is 0.338 e. The Hall–Kier alpha value is -2.58. The highest BCUT2D eigenvalue weighted by Gasteiger charge is 2.35. The SMILES string of the molecule is COC(=O)C1=C(CN2CCN(C(C)=O)CC2)NC(=O)N[C@@H]1c1ccccc1Cl. The lowest BCUT2D eigenvalue weighted by Crippen LogP contribution is -2.52. The van der Waals surface area contributed by atoms with Gasteiger partial charge in [0.25, 0.3) is 0 Å². The third-order valence-corrected chi connectivity index (χ3v) is 5.32. The number of nitrogens with zero attached hydrogens (tertiary/aromatic N) is 2. The Morgan fingerprint density at radius 1 is 1.21 bits per heavy atom. The molecule has 2 aliphatic rings. The molecule has 0 spiro atoms. The number of nitrogens with one attached hydrogen (secondary N) is 2. The largest absolute Gasteiger partial charge is 0.466 e. The summed E-state index contributed by atoms with van der Waals surface area (Å²) in [6.45, 7) is 4.43. The molecule has 3 rings (SSSR count). The molecule has 1 aromatic carbocycles. The average molecular weight is 407 g/mol. The van der Waals surface area contributed by atoms with Crippen LogP contribution >= 0.6 is 11.6 Å². The van der Waals surface area contributed by atoms with Gasteiger partial charge in [0, 0.05) is 50.4 Å². The molecule has 2 aliphatic heterocycles. The maximum atomic E-state index is 12.6. The van der Waals surface area contributed by atoms with E-state index in [9.17, 15) is 14.4 Å². The second-order valence-corrected chi connectivity index (χ2v) is 7.13. The maximum absolute atomic E-state index is 12.6. The molecule has 0 radical (unpaired) electrons. The molecule has 1 aromatic rings. The zero-order valence-corrected chi connectivity index (χ0v) is 16.6. The predicted octanol–water partition coefficient (Wildman–Crippen LogP) is 1.29. The van der Waals surface area contributed by atoms with Crippen molar-refractivity contribution in [2.45, 2.75) is 13.0 Å². The molecular weight excluding hydrogens is 384 g/mol. The first kappa shape index (κ1) is 20.2. The van der Waals surface area contributed by atoms with Crippen molar-refractivity contribution in [3.63, 3.8) is 0 Å². The Morgan fingerprint density at radius 2 is 1.89 bits per heavy atom. The van der Waals surface area contributed by atoms with E-state index in [1.807, 2.05) is 0 Å². The zero-order valence-electron chi connectivity index (χ0n) is 15.8. The highest BCUT2D eigenvalue weighted by Crippen LogP contribution is 2.32. The summed E-state index contributed by atoms with van der Waals surface area (Å²) in [6, 6.07) is 5.94. The lowest BCUT2D eigenvalue weighted by molar-refractivity contribution is -0.136. The van der Waals surface area contributed by atoms with E-state index in [0.717, 1.165) is 0 Å². The fourth-order valence-electron chi connectivity index (χ4n) is 3.48. The molecule has 0 unspecified atom stereocenters. The van der Waals surface area contributed by atoms with E-state index in [4.69, 9.17) is 16.3 Å². The number of esters is 1. The van der Waals surface area contributed by atoms with Crippen LogP contribution in [0.1, 0.15) is 18.5 Å². The number of methoxy groups -OCH3 is 1. The second-order valence-electron chi connectivity index (χ2n) is 6.72. The van der Waals surface area contributed by atoms with Crippen molar-refractivity contribution in [3.8, 4) is 0 Å². The standard InChI is InChI=1S/C19H23ClN4O4/c1-12(25)24-9-7-23(8-10-24)11-15-16(18(26)28-2)17(22-19(27)21-15)13-5-3-4-6-14(13)20/h3-6,17H,7-11H2,1-2H3,(H2,21,22,27)/t17-/m1/s1. The van der Waals surface area contributed by atoms with Gasteiger partial charge in [-0.3, -0.25) is 9.69 Å². The number of amides is 3. The summed E-state index contributed by atoms with van der Waals surface area (Å²) in [7, 11) is 1.30. The van der Waals surface area contributed by atoms with E-state index < -0.39 is 18.0 Å². The Balaban J connectivity index is 1.90. The van der Waals surface area contributed by atoms with Crippen LogP contribution in [0.3, 0.4) is 0 Å². The highest BCUT2D eigenvalue weighted by molar-refractivity contribution is 6.31.